The van der Waals surface area contributed by atoms with E-state index in [2.05, 4.69) is 15.9 Å². The van der Waals surface area contributed by atoms with Gasteiger partial charge < -0.3 is 9.47 Å². The van der Waals surface area contributed by atoms with Crippen molar-refractivity contribution in [1.82, 2.24) is 0 Å². The molecule has 0 bridgehead atoms. The quantitative estimate of drug-likeness (QED) is 0.794. The second-order valence-corrected chi connectivity index (χ2v) is 4.94. The molecule has 104 valence electrons. The van der Waals surface area contributed by atoms with Gasteiger partial charge in [-0.1, -0.05) is 15.9 Å². The van der Waals surface area contributed by atoms with Crippen molar-refractivity contribution in [2.24, 2.45) is 0 Å². The van der Waals surface area contributed by atoms with E-state index in [9.17, 15) is 9.18 Å². The first-order valence-electron chi connectivity index (χ1n) is 5.78. The third-order valence-electron chi connectivity index (χ3n) is 2.82. The van der Waals surface area contributed by atoms with Gasteiger partial charge in [-0.25, -0.2) is 4.39 Å². The predicted molar refractivity (Wildman–Crippen MR) is 77.1 cm³/mol. The molecule has 0 fully saturated rings. The van der Waals surface area contributed by atoms with Gasteiger partial charge in [-0.2, -0.15) is 0 Å². The maximum absolute atomic E-state index is 13.8. The third kappa shape index (κ3) is 2.82. The Bertz CT molecular complexity index is 656. The molecular formula is C15H12BrFO3. The van der Waals surface area contributed by atoms with E-state index in [-0.39, 0.29) is 11.1 Å². The fourth-order valence-electron chi connectivity index (χ4n) is 1.81. The average Bonchev–Trinajstić information content (AvgIpc) is 2.48. The highest BCUT2D eigenvalue weighted by Gasteiger charge is 2.19. The molecule has 5 heteroatoms. The SMILES string of the molecule is COc1ccc(OC)c(C(=O)c2cc(Br)ccc2F)c1. The second-order valence-electron chi connectivity index (χ2n) is 4.02. The Morgan fingerprint density at radius 1 is 1.05 bits per heavy atom. The summed E-state index contributed by atoms with van der Waals surface area (Å²) in [4.78, 5) is 12.5. The fourth-order valence-corrected chi connectivity index (χ4v) is 2.17. The number of carbonyl (C=O) groups is 1. The van der Waals surface area contributed by atoms with Crippen LogP contribution in [0.4, 0.5) is 4.39 Å². The van der Waals surface area contributed by atoms with Gasteiger partial charge in [0.05, 0.1) is 25.3 Å². The van der Waals surface area contributed by atoms with E-state index in [0.29, 0.717) is 16.0 Å². The highest BCUT2D eigenvalue weighted by atomic mass is 79.9. The van der Waals surface area contributed by atoms with Crippen LogP contribution < -0.4 is 9.47 Å². The highest BCUT2D eigenvalue weighted by molar-refractivity contribution is 9.10. The van der Waals surface area contributed by atoms with Gasteiger partial charge in [0.2, 0.25) is 0 Å². The molecule has 0 amide bonds. The molecule has 0 saturated heterocycles. The third-order valence-corrected chi connectivity index (χ3v) is 3.32. The monoisotopic (exact) mass is 338 g/mol. The summed E-state index contributed by atoms with van der Waals surface area (Å²) in [5.74, 6) is -0.164. The second kappa shape index (κ2) is 6.05. The zero-order valence-corrected chi connectivity index (χ0v) is 12.5. The van der Waals surface area contributed by atoms with Crippen molar-refractivity contribution >= 4 is 21.7 Å². The van der Waals surface area contributed by atoms with Crippen molar-refractivity contribution in [1.29, 1.82) is 0 Å². The van der Waals surface area contributed by atoms with Crippen LogP contribution in [0.1, 0.15) is 15.9 Å². The molecule has 2 rings (SSSR count). The number of methoxy groups -OCH3 is 2. The van der Waals surface area contributed by atoms with Crippen LogP contribution in [0.25, 0.3) is 0 Å². The first-order chi connectivity index (χ1) is 9.56. The lowest BCUT2D eigenvalue weighted by Crippen LogP contribution is -2.07. The first-order valence-corrected chi connectivity index (χ1v) is 6.58. The van der Waals surface area contributed by atoms with Gasteiger partial charge in [0, 0.05) is 4.47 Å². The van der Waals surface area contributed by atoms with Gasteiger partial charge in [-0.05, 0) is 36.4 Å². The van der Waals surface area contributed by atoms with Crippen molar-refractivity contribution < 1.29 is 18.7 Å². The number of benzene rings is 2. The lowest BCUT2D eigenvalue weighted by molar-refractivity contribution is 0.103. The molecule has 0 saturated carbocycles. The minimum atomic E-state index is -0.580. The molecule has 0 atom stereocenters. The summed E-state index contributed by atoms with van der Waals surface area (Å²) >= 11 is 3.23. The van der Waals surface area contributed by atoms with Gasteiger partial charge in [-0.3, -0.25) is 4.79 Å². The lowest BCUT2D eigenvalue weighted by atomic mass is 10.0. The lowest BCUT2D eigenvalue weighted by Gasteiger charge is -2.10. The zero-order valence-electron chi connectivity index (χ0n) is 10.9. The predicted octanol–water partition coefficient (Wildman–Crippen LogP) is 3.84. The van der Waals surface area contributed by atoms with Crippen LogP contribution in [0.2, 0.25) is 0 Å². The summed E-state index contributed by atoms with van der Waals surface area (Å²) in [6.07, 6.45) is 0. The smallest absolute Gasteiger partial charge is 0.199 e. The Morgan fingerprint density at radius 2 is 1.80 bits per heavy atom. The van der Waals surface area contributed by atoms with Crippen LogP contribution in [0.5, 0.6) is 11.5 Å². The molecule has 3 nitrogen and oxygen atoms in total. The molecule has 0 heterocycles. The van der Waals surface area contributed by atoms with E-state index < -0.39 is 11.6 Å². The zero-order chi connectivity index (χ0) is 14.7. The Morgan fingerprint density at radius 3 is 2.45 bits per heavy atom. The van der Waals surface area contributed by atoms with Gasteiger partial charge >= 0.3 is 0 Å². The van der Waals surface area contributed by atoms with Crippen LogP contribution in [0, 0.1) is 5.82 Å². The van der Waals surface area contributed by atoms with Crippen molar-refractivity contribution in [2.45, 2.75) is 0 Å². The maximum Gasteiger partial charge on any atom is 0.199 e. The molecule has 0 aromatic heterocycles. The number of hydrogen-bond donors (Lipinski definition) is 0. The highest BCUT2D eigenvalue weighted by Crippen LogP contribution is 2.28. The van der Waals surface area contributed by atoms with Crippen molar-refractivity contribution in [3.05, 3.63) is 57.8 Å². The van der Waals surface area contributed by atoms with Crippen molar-refractivity contribution in [2.75, 3.05) is 14.2 Å². The molecule has 0 N–H and O–H groups in total. The molecular weight excluding hydrogens is 327 g/mol. The Kier molecular flexibility index (Phi) is 4.39. The van der Waals surface area contributed by atoms with Gasteiger partial charge in [0.1, 0.15) is 17.3 Å². The molecule has 0 unspecified atom stereocenters. The maximum atomic E-state index is 13.8. The Hall–Kier alpha value is -1.88. The first kappa shape index (κ1) is 14.5. The summed E-state index contributed by atoms with van der Waals surface area (Å²) in [7, 11) is 2.95. The van der Waals surface area contributed by atoms with E-state index in [0.717, 1.165) is 0 Å². The number of ether oxygens (including phenoxy) is 2. The molecule has 2 aromatic carbocycles. The number of hydrogen-bond acceptors (Lipinski definition) is 3. The van der Waals surface area contributed by atoms with Gasteiger partial charge in [0.25, 0.3) is 0 Å². The minimum Gasteiger partial charge on any atom is -0.497 e. The molecule has 0 spiro atoms. The van der Waals surface area contributed by atoms with Crippen LogP contribution in [-0.4, -0.2) is 20.0 Å². The largest absolute Gasteiger partial charge is 0.497 e. The number of carbonyl (C=O) groups excluding carboxylic acids is 1. The molecule has 0 aliphatic heterocycles. The van der Waals surface area contributed by atoms with Crippen LogP contribution >= 0.6 is 15.9 Å². The van der Waals surface area contributed by atoms with E-state index in [1.165, 1.54) is 38.5 Å². The number of rotatable bonds is 4. The fraction of sp³-hybridized carbons (Fsp3) is 0.133. The van der Waals surface area contributed by atoms with Crippen LogP contribution in [-0.2, 0) is 0 Å². The summed E-state index contributed by atoms with van der Waals surface area (Å²) in [5, 5.41) is 0. The van der Waals surface area contributed by atoms with E-state index in [4.69, 9.17) is 9.47 Å². The molecule has 0 radical (unpaired) electrons. The summed E-state index contributed by atoms with van der Waals surface area (Å²) in [6, 6.07) is 9.03. The molecule has 0 aliphatic carbocycles. The van der Waals surface area contributed by atoms with E-state index in [1.807, 2.05) is 0 Å². The van der Waals surface area contributed by atoms with E-state index in [1.54, 1.807) is 12.1 Å². The molecule has 2 aromatic rings. The molecule has 0 aliphatic rings. The van der Waals surface area contributed by atoms with Crippen molar-refractivity contribution in [3.8, 4) is 11.5 Å². The summed E-state index contributed by atoms with van der Waals surface area (Å²) in [6.45, 7) is 0. The Labute approximate surface area is 124 Å². The number of halogens is 2. The standard InChI is InChI=1S/C15H12BrFO3/c1-19-10-4-6-14(20-2)12(8-10)15(18)11-7-9(16)3-5-13(11)17/h3-8H,1-2H3. The number of ketones is 1. The van der Waals surface area contributed by atoms with Crippen molar-refractivity contribution in [3.63, 3.8) is 0 Å². The average molecular weight is 339 g/mol. The summed E-state index contributed by atoms with van der Waals surface area (Å²) < 4.78 is 24.7. The minimum absolute atomic E-state index is 0.0223. The van der Waals surface area contributed by atoms with Crippen LogP contribution in [0.3, 0.4) is 0 Å². The van der Waals surface area contributed by atoms with Gasteiger partial charge in [-0.15, -0.1) is 0 Å². The van der Waals surface area contributed by atoms with E-state index >= 15 is 0 Å². The Balaban J connectivity index is 2.54. The molecule has 20 heavy (non-hydrogen) atoms. The normalized spacial score (nSPS) is 10.2. The summed E-state index contributed by atoms with van der Waals surface area (Å²) in [5.41, 5.74) is 0.231. The van der Waals surface area contributed by atoms with Gasteiger partial charge in [0.15, 0.2) is 5.78 Å². The topological polar surface area (TPSA) is 35.5 Å². The van der Waals surface area contributed by atoms with Crippen LogP contribution in [0.15, 0.2) is 40.9 Å².